The summed E-state index contributed by atoms with van der Waals surface area (Å²) in [5.74, 6) is -0.194. The van der Waals surface area contributed by atoms with Crippen LogP contribution >= 0.6 is 11.3 Å². The lowest BCUT2D eigenvalue weighted by atomic mass is 10.1. The molecule has 0 amide bonds. The Morgan fingerprint density at radius 3 is 3.11 bits per heavy atom. The summed E-state index contributed by atoms with van der Waals surface area (Å²) in [5.41, 5.74) is 0.948. The summed E-state index contributed by atoms with van der Waals surface area (Å²) in [6.45, 7) is 2.91. The average molecular weight is 284 g/mol. The molecule has 1 fully saturated rings. The molecule has 1 aromatic heterocycles. The first-order chi connectivity index (χ1) is 9.11. The summed E-state index contributed by atoms with van der Waals surface area (Å²) in [6, 6.07) is 0.389. The normalized spacial score (nSPS) is 22.5. The smallest absolute Gasteiger partial charge is 0.305 e. The van der Waals surface area contributed by atoms with Crippen molar-refractivity contribution < 1.29 is 14.3 Å². The largest absolute Gasteiger partial charge is 0.469 e. The number of rotatable bonds is 5. The van der Waals surface area contributed by atoms with Gasteiger partial charge in [0.1, 0.15) is 0 Å². The molecule has 2 atom stereocenters. The number of carbonyl (C=O) groups is 1. The first-order valence-electron chi connectivity index (χ1n) is 6.47. The molecule has 106 valence electrons. The van der Waals surface area contributed by atoms with Crippen LogP contribution < -0.4 is 4.90 Å². The topological polar surface area (TPSA) is 51.7 Å². The lowest BCUT2D eigenvalue weighted by Crippen LogP contribution is -2.36. The SMILES string of the molecule is COC(=O)CCc1csc(N(C)C2CCOC2C)n1. The summed E-state index contributed by atoms with van der Waals surface area (Å²) < 4.78 is 10.2. The van der Waals surface area contributed by atoms with E-state index < -0.39 is 0 Å². The number of carbonyl (C=O) groups excluding carboxylic acids is 1. The van der Waals surface area contributed by atoms with E-state index in [0.717, 1.165) is 23.9 Å². The number of thiazole rings is 1. The van der Waals surface area contributed by atoms with Gasteiger partial charge in [0.15, 0.2) is 5.13 Å². The molecule has 2 rings (SSSR count). The van der Waals surface area contributed by atoms with Gasteiger partial charge in [-0.05, 0) is 13.3 Å². The summed E-state index contributed by atoms with van der Waals surface area (Å²) >= 11 is 1.61. The number of nitrogens with zero attached hydrogens (tertiary/aromatic N) is 2. The van der Waals surface area contributed by atoms with Crippen LogP contribution in [0.15, 0.2) is 5.38 Å². The minimum Gasteiger partial charge on any atom is -0.469 e. The van der Waals surface area contributed by atoms with E-state index in [1.807, 2.05) is 5.38 Å². The summed E-state index contributed by atoms with van der Waals surface area (Å²) in [4.78, 5) is 17.9. The predicted octanol–water partition coefficient (Wildman–Crippen LogP) is 1.86. The van der Waals surface area contributed by atoms with Gasteiger partial charge >= 0.3 is 5.97 Å². The zero-order valence-corrected chi connectivity index (χ0v) is 12.4. The van der Waals surface area contributed by atoms with E-state index in [1.165, 1.54) is 7.11 Å². The summed E-state index contributed by atoms with van der Waals surface area (Å²) in [7, 11) is 3.46. The molecule has 0 bridgehead atoms. The maximum atomic E-state index is 11.1. The van der Waals surface area contributed by atoms with Crippen LogP contribution in [0.1, 0.15) is 25.5 Å². The standard InChI is InChI=1S/C13H20N2O3S/c1-9-11(6-7-18-9)15(2)13-14-10(8-19-13)4-5-12(16)17-3/h8-9,11H,4-7H2,1-3H3. The maximum absolute atomic E-state index is 11.1. The van der Waals surface area contributed by atoms with Crippen LogP contribution in [0.2, 0.25) is 0 Å². The highest BCUT2D eigenvalue weighted by molar-refractivity contribution is 7.13. The molecule has 6 heteroatoms. The van der Waals surface area contributed by atoms with Gasteiger partial charge in [-0.3, -0.25) is 4.79 Å². The molecule has 0 saturated carbocycles. The van der Waals surface area contributed by atoms with Crippen molar-refractivity contribution in [3.8, 4) is 0 Å². The molecule has 0 aromatic carbocycles. The Hall–Kier alpha value is -1.14. The van der Waals surface area contributed by atoms with Crippen LogP contribution in [-0.2, 0) is 20.7 Å². The lowest BCUT2D eigenvalue weighted by molar-refractivity contribution is -0.140. The Morgan fingerprint density at radius 2 is 2.47 bits per heavy atom. The number of methoxy groups -OCH3 is 1. The molecule has 2 heterocycles. The van der Waals surface area contributed by atoms with Crippen molar-refractivity contribution >= 4 is 22.4 Å². The second-order valence-corrected chi connectivity index (χ2v) is 5.58. The fourth-order valence-electron chi connectivity index (χ4n) is 2.28. The van der Waals surface area contributed by atoms with Gasteiger partial charge in [-0.1, -0.05) is 0 Å². The van der Waals surface area contributed by atoms with Gasteiger partial charge in [0.05, 0.1) is 31.4 Å². The number of ether oxygens (including phenoxy) is 2. The Morgan fingerprint density at radius 1 is 1.68 bits per heavy atom. The van der Waals surface area contributed by atoms with E-state index in [0.29, 0.717) is 18.9 Å². The molecule has 2 unspecified atom stereocenters. The second kappa shape index (κ2) is 6.34. The van der Waals surface area contributed by atoms with Gasteiger partial charge in [0.2, 0.25) is 0 Å². The Balaban J connectivity index is 1.94. The Kier molecular flexibility index (Phi) is 4.76. The maximum Gasteiger partial charge on any atom is 0.305 e. The summed E-state index contributed by atoms with van der Waals surface area (Å²) in [6.07, 6.45) is 2.29. The van der Waals surface area contributed by atoms with Crippen molar-refractivity contribution in [3.05, 3.63) is 11.1 Å². The van der Waals surface area contributed by atoms with E-state index in [4.69, 9.17) is 4.74 Å². The van der Waals surface area contributed by atoms with Crippen LogP contribution in [0.5, 0.6) is 0 Å². The average Bonchev–Trinajstić information content (AvgIpc) is 3.04. The van der Waals surface area contributed by atoms with Crippen LogP contribution in [0.4, 0.5) is 5.13 Å². The van der Waals surface area contributed by atoms with E-state index >= 15 is 0 Å². The number of hydrogen-bond acceptors (Lipinski definition) is 6. The highest BCUT2D eigenvalue weighted by Crippen LogP contribution is 2.27. The number of likely N-dealkylation sites (N-methyl/N-ethyl adjacent to an activating group) is 1. The molecule has 19 heavy (non-hydrogen) atoms. The van der Waals surface area contributed by atoms with Gasteiger partial charge in [-0.2, -0.15) is 0 Å². The zero-order valence-electron chi connectivity index (χ0n) is 11.6. The number of esters is 1. The van der Waals surface area contributed by atoms with Crippen molar-refractivity contribution in [3.63, 3.8) is 0 Å². The molecule has 5 nitrogen and oxygen atoms in total. The fraction of sp³-hybridized carbons (Fsp3) is 0.692. The monoisotopic (exact) mass is 284 g/mol. The quantitative estimate of drug-likeness (QED) is 0.773. The predicted molar refractivity (Wildman–Crippen MR) is 74.7 cm³/mol. The lowest BCUT2D eigenvalue weighted by Gasteiger charge is -2.26. The molecular formula is C13H20N2O3S. The van der Waals surface area contributed by atoms with Crippen LogP contribution in [0.3, 0.4) is 0 Å². The van der Waals surface area contributed by atoms with Gasteiger partial charge in [0.25, 0.3) is 0 Å². The molecule has 0 aliphatic carbocycles. The first-order valence-corrected chi connectivity index (χ1v) is 7.35. The van der Waals surface area contributed by atoms with E-state index in [2.05, 4.69) is 28.6 Å². The number of aryl methyl sites for hydroxylation is 1. The third-order valence-electron chi connectivity index (χ3n) is 3.49. The third kappa shape index (κ3) is 3.45. The third-order valence-corrected chi connectivity index (χ3v) is 4.47. The highest BCUT2D eigenvalue weighted by Gasteiger charge is 2.29. The molecular weight excluding hydrogens is 264 g/mol. The van der Waals surface area contributed by atoms with Gasteiger partial charge < -0.3 is 14.4 Å². The number of anilines is 1. The molecule has 0 N–H and O–H groups in total. The molecule has 0 spiro atoms. The van der Waals surface area contributed by atoms with E-state index in [9.17, 15) is 4.79 Å². The van der Waals surface area contributed by atoms with Crippen molar-refractivity contribution in [2.45, 2.75) is 38.3 Å². The van der Waals surface area contributed by atoms with Crippen molar-refractivity contribution in [2.24, 2.45) is 0 Å². The molecule has 1 aromatic rings. The molecule has 1 saturated heterocycles. The number of aromatic nitrogens is 1. The molecule has 1 aliphatic heterocycles. The van der Waals surface area contributed by atoms with Gasteiger partial charge in [0, 0.05) is 25.5 Å². The Bertz CT molecular complexity index is 435. The van der Waals surface area contributed by atoms with Crippen LogP contribution in [0.25, 0.3) is 0 Å². The molecule has 0 radical (unpaired) electrons. The van der Waals surface area contributed by atoms with Gasteiger partial charge in [-0.25, -0.2) is 4.98 Å². The second-order valence-electron chi connectivity index (χ2n) is 4.74. The van der Waals surface area contributed by atoms with Crippen LogP contribution in [0, 0.1) is 0 Å². The van der Waals surface area contributed by atoms with E-state index in [-0.39, 0.29) is 12.1 Å². The fourth-order valence-corrected chi connectivity index (χ4v) is 3.16. The minimum atomic E-state index is -0.194. The van der Waals surface area contributed by atoms with Crippen LogP contribution in [-0.4, -0.2) is 43.9 Å². The summed E-state index contributed by atoms with van der Waals surface area (Å²) in [5, 5.41) is 3.00. The molecule has 1 aliphatic rings. The van der Waals surface area contributed by atoms with Gasteiger partial charge in [-0.15, -0.1) is 11.3 Å². The first kappa shape index (κ1) is 14.3. The highest BCUT2D eigenvalue weighted by atomic mass is 32.1. The van der Waals surface area contributed by atoms with Crippen molar-refractivity contribution in [1.29, 1.82) is 0 Å². The Labute approximate surface area is 117 Å². The number of hydrogen-bond donors (Lipinski definition) is 0. The minimum absolute atomic E-state index is 0.194. The van der Waals surface area contributed by atoms with Crippen molar-refractivity contribution in [1.82, 2.24) is 4.98 Å². The zero-order chi connectivity index (χ0) is 13.8. The van der Waals surface area contributed by atoms with E-state index in [1.54, 1.807) is 11.3 Å². The van der Waals surface area contributed by atoms with Crippen molar-refractivity contribution in [2.75, 3.05) is 25.7 Å².